The van der Waals surface area contributed by atoms with Crippen LogP contribution in [0.2, 0.25) is 0 Å². The fourth-order valence-electron chi connectivity index (χ4n) is 1.19. The lowest BCUT2D eigenvalue weighted by molar-refractivity contribution is 0.133. The Morgan fingerprint density at radius 3 is 2.35 bits per heavy atom. The average Bonchev–Trinajstić information content (AvgIpc) is 2.29. The van der Waals surface area contributed by atoms with E-state index in [2.05, 4.69) is 26.1 Å². The van der Waals surface area contributed by atoms with Crippen LogP contribution in [0.15, 0.2) is 24.3 Å². The highest BCUT2D eigenvalue weighted by molar-refractivity contribution is 5.84. The zero-order valence-corrected chi connectivity index (χ0v) is 11.0. The number of rotatable bonds is 4. The lowest BCUT2D eigenvalue weighted by Gasteiger charge is -2.15. The molecule has 17 heavy (non-hydrogen) atoms. The summed E-state index contributed by atoms with van der Waals surface area (Å²) in [5.74, 6) is 0.890. The van der Waals surface area contributed by atoms with E-state index in [1.165, 1.54) is 0 Å². The lowest BCUT2D eigenvalue weighted by Crippen LogP contribution is -2.19. The second-order valence-electron chi connectivity index (χ2n) is 4.81. The molecule has 1 amide bonds. The topological polar surface area (TPSA) is 38.3 Å². The summed E-state index contributed by atoms with van der Waals surface area (Å²) in [4.78, 5) is 11.5. The van der Waals surface area contributed by atoms with Gasteiger partial charge in [0.1, 0.15) is 0 Å². The van der Waals surface area contributed by atoms with Crippen molar-refractivity contribution in [3.63, 3.8) is 0 Å². The number of carbonyl (C=O) groups is 1. The Balaban J connectivity index is 2.37. The SMILES string of the molecule is Cc1ccc(NC(=O)OCC(C)C(C)C)cc1. The number of hydrogen-bond donors (Lipinski definition) is 1. The van der Waals surface area contributed by atoms with Crippen molar-refractivity contribution >= 4 is 11.8 Å². The average molecular weight is 235 g/mol. The van der Waals surface area contributed by atoms with Gasteiger partial charge in [0, 0.05) is 5.69 Å². The molecule has 94 valence electrons. The number of benzene rings is 1. The molecule has 0 fully saturated rings. The highest BCUT2D eigenvalue weighted by Gasteiger charge is 2.10. The molecule has 0 aromatic heterocycles. The van der Waals surface area contributed by atoms with Gasteiger partial charge in [-0.15, -0.1) is 0 Å². The molecular formula is C14H21NO2. The van der Waals surface area contributed by atoms with E-state index >= 15 is 0 Å². The third-order valence-corrected chi connectivity index (χ3v) is 2.91. The lowest BCUT2D eigenvalue weighted by atomic mass is 10.00. The largest absolute Gasteiger partial charge is 0.449 e. The van der Waals surface area contributed by atoms with Crippen LogP contribution < -0.4 is 5.32 Å². The van der Waals surface area contributed by atoms with Crippen LogP contribution in [0.25, 0.3) is 0 Å². The fourth-order valence-corrected chi connectivity index (χ4v) is 1.19. The zero-order chi connectivity index (χ0) is 12.8. The van der Waals surface area contributed by atoms with E-state index in [0.29, 0.717) is 18.4 Å². The van der Waals surface area contributed by atoms with Crippen LogP contribution in [0.1, 0.15) is 26.3 Å². The van der Waals surface area contributed by atoms with Crippen LogP contribution in [0.3, 0.4) is 0 Å². The van der Waals surface area contributed by atoms with Crippen LogP contribution in [0.5, 0.6) is 0 Å². The molecule has 0 heterocycles. The van der Waals surface area contributed by atoms with Gasteiger partial charge in [-0.3, -0.25) is 5.32 Å². The van der Waals surface area contributed by atoms with Crippen molar-refractivity contribution in [2.45, 2.75) is 27.7 Å². The van der Waals surface area contributed by atoms with Crippen molar-refractivity contribution in [2.75, 3.05) is 11.9 Å². The van der Waals surface area contributed by atoms with Gasteiger partial charge in [0.2, 0.25) is 0 Å². The predicted molar refractivity (Wildman–Crippen MR) is 70.2 cm³/mol. The number of amides is 1. The minimum atomic E-state index is -0.388. The molecule has 1 aromatic carbocycles. The Hall–Kier alpha value is -1.51. The summed E-state index contributed by atoms with van der Waals surface area (Å²) in [7, 11) is 0. The normalized spacial score (nSPS) is 12.3. The first-order valence-corrected chi connectivity index (χ1v) is 5.99. The zero-order valence-electron chi connectivity index (χ0n) is 11.0. The summed E-state index contributed by atoms with van der Waals surface area (Å²) in [6.07, 6.45) is -0.388. The Labute approximate surface area is 103 Å². The molecule has 3 nitrogen and oxygen atoms in total. The summed E-state index contributed by atoms with van der Waals surface area (Å²) < 4.78 is 5.15. The Kier molecular flexibility index (Phi) is 5.01. The minimum Gasteiger partial charge on any atom is -0.449 e. The van der Waals surface area contributed by atoms with Crippen molar-refractivity contribution in [2.24, 2.45) is 11.8 Å². The van der Waals surface area contributed by atoms with E-state index in [0.717, 1.165) is 11.3 Å². The van der Waals surface area contributed by atoms with Gasteiger partial charge in [0.05, 0.1) is 6.61 Å². The maximum Gasteiger partial charge on any atom is 0.411 e. The third-order valence-electron chi connectivity index (χ3n) is 2.91. The second-order valence-corrected chi connectivity index (χ2v) is 4.81. The van der Waals surface area contributed by atoms with Gasteiger partial charge in [0.25, 0.3) is 0 Å². The van der Waals surface area contributed by atoms with Gasteiger partial charge in [-0.2, -0.15) is 0 Å². The summed E-state index contributed by atoms with van der Waals surface area (Å²) in [5, 5.41) is 2.70. The third kappa shape index (κ3) is 4.89. The van der Waals surface area contributed by atoms with Crippen LogP contribution in [-0.4, -0.2) is 12.7 Å². The molecule has 0 radical (unpaired) electrons. The molecule has 1 N–H and O–H groups in total. The van der Waals surface area contributed by atoms with Gasteiger partial charge in [0.15, 0.2) is 0 Å². The van der Waals surface area contributed by atoms with Gasteiger partial charge < -0.3 is 4.74 Å². The summed E-state index contributed by atoms with van der Waals surface area (Å²) in [6, 6.07) is 7.63. The molecule has 0 saturated heterocycles. The number of hydrogen-bond acceptors (Lipinski definition) is 2. The molecule has 0 aliphatic heterocycles. The van der Waals surface area contributed by atoms with Crippen LogP contribution >= 0.6 is 0 Å². The highest BCUT2D eigenvalue weighted by Crippen LogP contribution is 2.11. The smallest absolute Gasteiger partial charge is 0.411 e. The Morgan fingerprint density at radius 2 is 1.82 bits per heavy atom. The number of nitrogens with one attached hydrogen (secondary N) is 1. The fraction of sp³-hybridized carbons (Fsp3) is 0.500. The number of carbonyl (C=O) groups excluding carboxylic acids is 1. The molecule has 0 bridgehead atoms. The van der Waals surface area contributed by atoms with E-state index in [1.54, 1.807) is 0 Å². The van der Waals surface area contributed by atoms with E-state index in [9.17, 15) is 4.79 Å². The summed E-state index contributed by atoms with van der Waals surface area (Å²) in [5.41, 5.74) is 1.93. The first-order valence-electron chi connectivity index (χ1n) is 5.99. The monoisotopic (exact) mass is 235 g/mol. The molecule has 0 aliphatic carbocycles. The molecule has 3 heteroatoms. The second kappa shape index (κ2) is 6.28. The van der Waals surface area contributed by atoms with E-state index in [4.69, 9.17) is 4.74 Å². The number of ether oxygens (including phenoxy) is 1. The molecule has 1 unspecified atom stereocenters. The standard InChI is InChI=1S/C14H21NO2/c1-10(2)12(4)9-17-14(16)15-13-7-5-11(3)6-8-13/h5-8,10,12H,9H2,1-4H3,(H,15,16). The van der Waals surface area contributed by atoms with Crippen molar-refractivity contribution < 1.29 is 9.53 Å². The van der Waals surface area contributed by atoms with Crippen molar-refractivity contribution in [1.29, 1.82) is 0 Å². The molecular weight excluding hydrogens is 214 g/mol. The Morgan fingerprint density at radius 1 is 1.24 bits per heavy atom. The molecule has 1 aromatic rings. The Bertz CT molecular complexity index is 357. The van der Waals surface area contributed by atoms with Gasteiger partial charge in [-0.05, 0) is 30.9 Å². The first-order chi connectivity index (χ1) is 7.99. The summed E-state index contributed by atoms with van der Waals surface area (Å²) >= 11 is 0. The van der Waals surface area contributed by atoms with E-state index in [1.807, 2.05) is 31.2 Å². The van der Waals surface area contributed by atoms with Crippen LogP contribution in [-0.2, 0) is 4.74 Å². The van der Waals surface area contributed by atoms with Crippen molar-refractivity contribution in [3.05, 3.63) is 29.8 Å². The van der Waals surface area contributed by atoms with Crippen molar-refractivity contribution in [1.82, 2.24) is 0 Å². The van der Waals surface area contributed by atoms with Crippen LogP contribution in [0.4, 0.5) is 10.5 Å². The van der Waals surface area contributed by atoms with E-state index < -0.39 is 0 Å². The molecule has 0 saturated carbocycles. The maximum atomic E-state index is 11.5. The first kappa shape index (κ1) is 13.6. The number of anilines is 1. The van der Waals surface area contributed by atoms with Gasteiger partial charge in [-0.25, -0.2) is 4.79 Å². The van der Waals surface area contributed by atoms with Crippen molar-refractivity contribution in [3.8, 4) is 0 Å². The molecule has 0 spiro atoms. The quantitative estimate of drug-likeness (QED) is 0.861. The highest BCUT2D eigenvalue weighted by atomic mass is 16.5. The minimum absolute atomic E-state index is 0.374. The summed E-state index contributed by atoms with van der Waals surface area (Å²) in [6.45, 7) is 8.77. The van der Waals surface area contributed by atoms with E-state index in [-0.39, 0.29) is 6.09 Å². The molecule has 0 aliphatic rings. The van der Waals surface area contributed by atoms with Crippen LogP contribution in [0, 0.1) is 18.8 Å². The number of aryl methyl sites for hydroxylation is 1. The predicted octanol–water partition coefficient (Wildman–Crippen LogP) is 3.84. The van der Waals surface area contributed by atoms with Gasteiger partial charge >= 0.3 is 6.09 Å². The maximum absolute atomic E-state index is 11.5. The molecule has 1 atom stereocenters. The van der Waals surface area contributed by atoms with Gasteiger partial charge in [-0.1, -0.05) is 38.5 Å². The molecule has 1 rings (SSSR count).